The highest BCUT2D eigenvalue weighted by molar-refractivity contribution is 7.89. The minimum atomic E-state index is -3.95. The van der Waals surface area contributed by atoms with Crippen LogP contribution in [0, 0.1) is 5.92 Å². The van der Waals surface area contributed by atoms with Gasteiger partial charge in [0.05, 0.1) is 5.02 Å². The SMILES string of the molecule is CC(C)(NC(=O)c1ccc(Cl)c(S(N)(=O)=O)c1)C1CC1. The normalized spacial score (nSPS) is 16.0. The average molecular weight is 317 g/mol. The number of nitrogens with two attached hydrogens (primary N) is 1. The Morgan fingerprint density at radius 1 is 1.40 bits per heavy atom. The number of halogens is 1. The maximum absolute atomic E-state index is 12.2. The van der Waals surface area contributed by atoms with Gasteiger partial charge in [0.15, 0.2) is 0 Å². The van der Waals surface area contributed by atoms with Crippen molar-refractivity contribution >= 4 is 27.5 Å². The fourth-order valence-corrected chi connectivity index (χ4v) is 3.21. The number of carbonyl (C=O) groups excluding carboxylic acids is 1. The quantitative estimate of drug-likeness (QED) is 0.889. The molecule has 0 aromatic heterocycles. The van der Waals surface area contributed by atoms with Crippen LogP contribution >= 0.6 is 11.6 Å². The van der Waals surface area contributed by atoms with Crippen molar-refractivity contribution in [3.63, 3.8) is 0 Å². The van der Waals surface area contributed by atoms with Crippen LogP contribution < -0.4 is 10.5 Å². The number of primary sulfonamides is 1. The van der Waals surface area contributed by atoms with E-state index < -0.39 is 10.0 Å². The molecule has 20 heavy (non-hydrogen) atoms. The van der Waals surface area contributed by atoms with E-state index in [1.54, 1.807) is 0 Å². The maximum Gasteiger partial charge on any atom is 0.251 e. The van der Waals surface area contributed by atoms with E-state index in [4.69, 9.17) is 16.7 Å². The van der Waals surface area contributed by atoms with E-state index >= 15 is 0 Å². The molecule has 0 spiro atoms. The van der Waals surface area contributed by atoms with Crippen molar-refractivity contribution in [2.24, 2.45) is 11.1 Å². The summed E-state index contributed by atoms with van der Waals surface area (Å²) in [4.78, 5) is 12.0. The first-order valence-corrected chi connectivity index (χ1v) is 8.18. The third-order valence-corrected chi connectivity index (χ3v) is 4.93. The van der Waals surface area contributed by atoms with Gasteiger partial charge in [-0.25, -0.2) is 13.6 Å². The molecule has 0 unspecified atom stereocenters. The highest BCUT2D eigenvalue weighted by Crippen LogP contribution is 2.39. The van der Waals surface area contributed by atoms with Gasteiger partial charge >= 0.3 is 0 Å². The number of amides is 1. The average Bonchev–Trinajstić information content (AvgIpc) is 3.10. The van der Waals surface area contributed by atoms with Gasteiger partial charge in [-0.2, -0.15) is 0 Å². The van der Waals surface area contributed by atoms with Crippen molar-refractivity contribution in [3.05, 3.63) is 28.8 Å². The second kappa shape index (κ2) is 5.02. The lowest BCUT2D eigenvalue weighted by molar-refractivity contribution is 0.0903. The molecule has 1 amide bonds. The highest BCUT2D eigenvalue weighted by Gasteiger charge is 2.38. The Labute approximate surface area is 123 Å². The molecule has 0 heterocycles. The van der Waals surface area contributed by atoms with Crippen LogP contribution in [0.3, 0.4) is 0 Å². The molecule has 7 heteroatoms. The predicted molar refractivity (Wildman–Crippen MR) is 77.1 cm³/mol. The van der Waals surface area contributed by atoms with Crippen LogP contribution in [0.5, 0.6) is 0 Å². The van der Waals surface area contributed by atoms with Crippen LogP contribution in [0.25, 0.3) is 0 Å². The molecule has 0 radical (unpaired) electrons. The zero-order chi connectivity index (χ0) is 15.1. The molecule has 1 saturated carbocycles. The van der Waals surface area contributed by atoms with E-state index in [9.17, 15) is 13.2 Å². The molecule has 1 fully saturated rings. The van der Waals surface area contributed by atoms with Crippen LogP contribution in [0.1, 0.15) is 37.0 Å². The molecule has 0 atom stereocenters. The van der Waals surface area contributed by atoms with Gasteiger partial charge in [-0.3, -0.25) is 4.79 Å². The molecule has 110 valence electrons. The molecule has 0 aliphatic heterocycles. The molecule has 2 rings (SSSR count). The van der Waals surface area contributed by atoms with Gasteiger partial charge in [0.1, 0.15) is 4.90 Å². The fraction of sp³-hybridized carbons (Fsp3) is 0.462. The molecule has 0 bridgehead atoms. The number of hydrogen-bond donors (Lipinski definition) is 2. The Balaban J connectivity index is 2.27. The summed E-state index contributed by atoms with van der Waals surface area (Å²) >= 11 is 5.79. The summed E-state index contributed by atoms with van der Waals surface area (Å²) in [6.07, 6.45) is 2.19. The molecule has 5 nitrogen and oxygen atoms in total. The van der Waals surface area contributed by atoms with Gasteiger partial charge in [-0.15, -0.1) is 0 Å². The van der Waals surface area contributed by atoms with Crippen LogP contribution in [0.15, 0.2) is 23.1 Å². The zero-order valence-corrected chi connectivity index (χ0v) is 12.9. The van der Waals surface area contributed by atoms with Crippen molar-refractivity contribution in [1.29, 1.82) is 0 Å². The van der Waals surface area contributed by atoms with Gasteiger partial charge in [-0.05, 0) is 50.8 Å². The van der Waals surface area contributed by atoms with Gasteiger partial charge in [-0.1, -0.05) is 11.6 Å². The van der Waals surface area contributed by atoms with E-state index in [1.165, 1.54) is 18.2 Å². The second-order valence-electron chi connectivity index (χ2n) is 5.64. The molecule has 0 saturated heterocycles. The van der Waals surface area contributed by atoms with E-state index in [2.05, 4.69) is 5.32 Å². The maximum atomic E-state index is 12.2. The summed E-state index contributed by atoms with van der Waals surface area (Å²) in [5.41, 5.74) is -0.0782. The van der Waals surface area contributed by atoms with Crippen molar-refractivity contribution in [2.75, 3.05) is 0 Å². The summed E-state index contributed by atoms with van der Waals surface area (Å²) < 4.78 is 22.8. The molecule has 3 N–H and O–H groups in total. The van der Waals surface area contributed by atoms with E-state index in [0.29, 0.717) is 5.92 Å². The third kappa shape index (κ3) is 3.31. The first-order chi connectivity index (χ1) is 9.11. The van der Waals surface area contributed by atoms with Gasteiger partial charge in [0.25, 0.3) is 5.91 Å². The Kier molecular flexibility index (Phi) is 3.83. The number of benzene rings is 1. The van der Waals surface area contributed by atoms with Crippen molar-refractivity contribution in [2.45, 2.75) is 37.1 Å². The smallest absolute Gasteiger partial charge is 0.251 e. The lowest BCUT2D eigenvalue weighted by Gasteiger charge is -2.26. The number of rotatable bonds is 4. The Morgan fingerprint density at radius 3 is 2.50 bits per heavy atom. The summed E-state index contributed by atoms with van der Waals surface area (Å²) in [5, 5.41) is 7.99. The van der Waals surface area contributed by atoms with Crippen molar-refractivity contribution < 1.29 is 13.2 Å². The first-order valence-electron chi connectivity index (χ1n) is 6.26. The highest BCUT2D eigenvalue weighted by atomic mass is 35.5. The summed E-state index contributed by atoms with van der Waals surface area (Å²) in [6.45, 7) is 3.91. The number of carbonyl (C=O) groups is 1. The summed E-state index contributed by atoms with van der Waals surface area (Å²) in [6, 6.07) is 4.05. The van der Waals surface area contributed by atoms with Gasteiger partial charge in [0.2, 0.25) is 10.0 Å². The topological polar surface area (TPSA) is 89.3 Å². The molecule has 1 aliphatic rings. The van der Waals surface area contributed by atoms with Crippen LogP contribution in [-0.2, 0) is 10.0 Å². The minimum absolute atomic E-state index is 0.00510. The third-order valence-electron chi connectivity index (χ3n) is 3.53. The Bertz CT molecular complexity index is 652. The lowest BCUT2D eigenvalue weighted by Crippen LogP contribution is -2.45. The Morgan fingerprint density at radius 2 is 2.00 bits per heavy atom. The molecular weight excluding hydrogens is 300 g/mol. The largest absolute Gasteiger partial charge is 0.347 e. The van der Waals surface area contributed by atoms with Crippen LogP contribution in [0.4, 0.5) is 0 Å². The number of sulfonamides is 1. The second-order valence-corrected chi connectivity index (χ2v) is 7.58. The van der Waals surface area contributed by atoms with Crippen LogP contribution in [0.2, 0.25) is 5.02 Å². The number of nitrogens with one attached hydrogen (secondary N) is 1. The van der Waals surface area contributed by atoms with E-state index in [1.807, 2.05) is 13.8 Å². The predicted octanol–water partition coefficient (Wildman–Crippen LogP) is 1.91. The molecule has 1 aromatic rings. The van der Waals surface area contributed by atoms with Crippen molar-refractivity contribution in [1.82, 2.24) is 5.32 Å². The first kappa shape index (κ1) is 15.3. The lowest BCUT2D eigenvalue weighted by atomic mass is 9.98. The standard InChI is InChI=1S/C13H17ClN2O3S/c1-13(2,9-4-5-9)16-12(17)8-3-6-10(14)11(7-8)20(15,18)19/h3,6-7,9H,4-5H2,1-2H3,(H,16,17)(H2,15,18,19). The monoisotopic (exact) mass is 316 g/mol. The summed E-state index contributed by atoms with van der Waals surface area (Å²) in [5.74, 6) is 0.139. The summed E-state index contributed by atoms with van der Waals surface area (Å²) in [7, 11) is -3.95. The number of hydrogen-bond acceptors (Lipinski definition) is 3. The van der Waals surface area contributed by atoms with E-state index in [-0.39, 0.29) is 26.9 Å². The minimum Gasteiger partial charge on any atom is -0.347 e. The van der Waals surface area contributed by atoms with Crippen LogP contribution in [-0.4, -0.2) is 19.9 Å². The van der Waals surface area contributed by atoms with E-state index in [0.717, 1.165) is 12.8 Å². The Hall–Kier alpha value is -1.11. The zero-order valence-electron chi connectivity index (χ0n) is 11.3. The van der Waals surface area contributed by atoms with Gasteiger partial charge < -0.3 is 5.32 Å². The molecular formula is C13H17ClN2O3S. The fourth-order valence-electron chi connectivity index (χ4n) is 2.13. The molecule has 1 aromatic carbocycles. The molecule has 1 aliphatic carbocycles. The van der Waals surface area contributed by atoms with Gasteiger partial charge in [0, 0.05) is 11.1 Å². The van der Waals surface area contributed by atoms with Crippen molar-refractivity contribution in [3.8, 4) is 0 Å².